The predicted molar refractivity (Wildman–Crippen MR) is 152 cm³/mol. The summed E-state index contributed by atoms with van der Waals surface area (Å²) in [5, 5.41) is 7.27. The molecule has 0 heterocycles. The summed E-state index contributed by atoms with van der Waals surface area (Å²) in [6.45, 7) is 0. The molecule has 4 aromatic rings. The number of methoxy groups -OCH3 is 2. The Morgan fingerprint density at radius 1 is 0.750 bits per heavy atom. The monoisotopic (exact) mass is 557 g/mol. The van der Waals surface area contributed by atoms with E-state index in [9.17, 15) is 14.4 Å². The first kappa shape index (κ1) is 27.9. The highest BCUT2D eigenvalue weighted by atomic mass is 35.5. The lowest BCUT2D eigenvalue weighted by atomic mass is 10.1. The maximum absolute atomic E-state index is 12.6. The summed E-state index contributed by atoms with van der Waals surface area (Å²) < 4.78 is 15.9. The number of carbonyl (C=O) groups excluding carboxylic acids is 3. The summed E-state index contributed by atoms with van der Waals surface area (Å²) in [4.78, 5) is 37.6. The second-order valence-corrected chi connectivity index (χ2v) is 8.71. The number of carbonyl (C=O) groups is 3. The van der Waals surface area contributed by atoms with Crippen LogP contribution in [0.4, 0.5) is 5.69 Å². The maximum Gasteiger partial charge on any atom is 0.343 e. The van der Waals surface area contributed by atoms with E-state index < -0.39 is 11.9 Å². The topological polar surface area (TPSA) is 115 Å². The van der Waals surface area contributed by atoms with Crippen LogP contribution >= 0.6 is 11.6 Å². The van der Waals surface area contributed by atoms with Crippen LogP contribution in [0.5, 0.6) is 17.2 Å². The molecular formula is C30H24ClN3O6. The molecule has 10 heteroatoms. The number of halogens is 1. The fraction of sp³-hybridized carbons (Fsp3) is 0.0667. The molecule has 2 amide bonds. The fourth-order valence-corrected chi connectivity index (χ4v) is 3.63. The number of hydrogen-bond acceptors (Lipinski definition) is 7. The van der Waals surface area contributed by atoms with Crippen molar-refractivity contribution in [1.82, 2.24) is 5.43 Å². The molecule has 0 saturated heterocycles. The molecule has 4 rings (SSSR count). The first-order valence-electron chi connectivity index (χ1n) is 11.9. The molecule has 40 heavy (non-hydrogen) atoms. The van der Waals surface area contributed by atoms with Crippen molar-refractivity contribution >= 4 is 41.3 Å². The van der Waals surface area contributed by atoms with Crippen LogP contribution in [0.15, 0.2) is 96.1 Å². The molecule has 0 fully saturated rings. The number of esters is 1. The average Bonchev–Trinajstić information content (AvgIpc) is 2.98. The van der Waals surface area contributed by atoms with Gasteiger partial charge in [-0.25, -0.2) is 10.2 Å². The van der Waals surface area contributed by atoms with Crippen LogP contribution in [0, 0.1) is 0 Å². The number of anilines is 1. The van der Waals surface area contributed by atoms with E-state index >= 15 is 0 Å². The van der Waals surface area contributed by atoms with Crippen molar-refractivity contribution in [3.8, 4) is 17.2 Å². The van der Waals surface area contributed by atoms with Gasteiger partial charge in [-0.05, 0) is 90.5 Å². The Labute approximate surface area is 235 Å². The highest BCUT2D eigenvalue weighted by Gasteiger charge is 2.13. The second kappa shape index (κ2) is 13.1. The molecule has 0 aromatic heterocycles. The lowest BCUT2D eigenvalue weighted by molar-refractivity contribution is 0.0729. The van der Waals surface area contributed by atoms with Gasteiger partial charge in [0.15, 0.2) is 11.5 Å². The van der Waals surface area contributed by atoms with Crippen LogP contribution < -0.4 is 25.0 Å². The number of amides is 2. The van der Waals surface area contributed by atoms with Gasteiger partial charge in [-0.3, -0.25) is 9.59 Å². The second-order valence-electron chi connectivity index (χ2n) is 8.27. The van der Waals surface area contributed by atoms with E-state index in [1.54, 1.807) is 98.1 Å². The van der Waals surface area contributed by atoms with Gasteiger partial charge >= 0.3 is 5.97 Å². The molecule has 0 radical (unpaired) electrons. The molecular weight excluding hydrogens is 534 g/mol. The maximum atomic E-state index is 12.6. The minimum atomic E-state index is -0.564. The van der Waals surface area contributed by atoms with Crippen molar-refractivity contribution in [2.24, 2.45) is 5.10 Å². The van der Waals surface area contributed by atoms with Gasteiger partial charge in [-0.2, -0.15) is 5.10 Å². The molecule has 0 saturated carbocycles. The molecule has 9 nitrogen and oxygen atoms in total. The van der Waals surface area contributed by atoms with E-state index in [0.717, 1.165) is 0 Å². The molecule has 0 unspecified atom stereocenters. The van der Waals surface area contributed by atoms with Crippen LogP contribution in [0.25, 0.3) is 0 Å². The normalized spacial score (nSPS) is 10.6. The Kier molecular flexibility index (Phi) is 9.11. The standard InChI is InChI=1S/C30H24ClN3O6/c1-38-25-13-9-20(10-14-25)28(35)33-24-5-3-4-22(17-24)29(36)34-32-18-19-6-15-26(27(16-19)39-2)40-30(37)21-7-11-23(31)12-8-21/h3-18H,1-2H3,(H,33,35)(H,34,36). The van der Waals surface area contributed by atoms with E-state index in [1.807, 2.05) is 0 Å². The molecule has 0 bridgehead atoms. The summed E-state index contributed by atoms with van der Waals surface area (Å²) in [5.41, 5.74) is 4.57. The summed E-state index contributed by atoms with van der Waals surface area (Å²) in [6, 6.07) is 24.3. The fourth-order valence-electron chi connectivity index (χ4n) is 3.51. The summed E-state index contributed by atoms with van der Waals surface area (Å²) in [7, 11) is 2.99. The van der Waals surface area contributed by atoms with Crippen molar-refractivity contribution in [2.75, 3.05) is 19.5 Å². The molecule has 0 aliphatic carbocycles. The SMILES string of the molecule is COc1ccc(C(=O)Nc2cccc(C(=O)NN=Cc3ccc(OC(=O)c4ccc(Cl)cc4)c(OC)c3)c2)cc1. The van der Waals surface area contributed by atoms with Crippen LogP contribution in [0.1, 0.15) is 36.6 Å². The zero-order valence-corrected chi connectivity index (χ0v) is 22.3. The highest BCUT2D eigenvalue weighted by Crippen LogP contribution is 2.28. The van der Waals surface area contributed by atoms with Crippen molar-refractivity contribution in [3.63, 3.8) is 0 Å². The number of hydrogen-bond donors (Lipinski definition) is 2. The zero-order valence-electron chi connectivity index (χ0n) is 21.5. The van der Waals surface area contributed by atoms with E-state index in [1.165, 1.54) is 13.3 Å². The van der Waals surface area contributed by atoms with Gasteiger partial charge < -0.3 is 19.5 Å². The third-order valence-corrected chi connectivity index (χ3v) is 5.84. The molecule has 2 N–H and O–H groups in total. The van der Waals surface area contributed by atoms with Crippen molar-refractivity contribution in [3.05, 3.63) is 118 Å². The largest absolute Gasteiger partial charge is 0.497 e. The van der Waals surface area contributed by atoms with Crippen LogP contribution in [0.3, 0.4) is 0 Å². The Hall–Kier alpha value is -5.15. The number of nitrogens with one attached hydrogen (secondary N) is 2. The zero-order chi connectivity index (χ0) is 28.5. The summed E-state index contributed by atoms with van der Waals surface area (Å²) in [5.74, 6) is -0.199. The molecule has 202 valence electrons. The number of ether oxygens (including phenoxy) is 3. The van der Waals surface area contributed by atoms with Crippen LogP contribution in [-0.4, -0.2) is 38.2 Å². The van der Waals surface area contributed by atoms with Crippen molar-refractivity contribution in [2.45, 2.75) is 0 Å². The number of nitrogens with zero attached hydrogens (tertiary/aromatic N) is 1. The van der Waals surface area contributed by atoms with Gasteiger partial charge in [-0.15, -0.1) is 0 Å². The molecule has 0 aliphatic heterocycles. The molecule has 4 aromatic carbocycles. The number of rotatable bonds is 9. The van der Waals surface area contributed by atoms with Gasteiger partial charge in [0.2, 0.25) is 0 Å². The Morgan fingerprint density at radius 3 is 2.17 bits per heavy atom. The molecule has 0 aliphatic rings. The quantitative estimate of drug-likeness (QED) is 0.120. The number of hydrazone groups is 1. The summed E-state index contributed by atoms with van der Waals surface area (Å²) >= 11 is 5.86. The lowest BCUT2D eigenvalue weighted by Gasteiger charge is -2.10. The van der Waals surface area contributed by atoms with E-state index in [0.29, 0.717) is 44.5 Å². The first-order chi connectivity index (χ1) is 19.4. The number of benzene rings is 4. The Bertz CT molecular complexity index is 1550. The minimum Gasteiger partial charge on any atom is -0.497 e. The predicted octanol–water partition coefficient (Wildman–Crippen LogP) is 5.59. The summed E-state index contributed by atoms with van der Waals surface area (Å²) in [6.07, 6.45) is 1.42. The molecule has 0 atom stereocenters. The van der Waals surface area contributed by atoms with Crippen molar-refractivity contribution < 1.29 is 28.6 Å². The van der Waals surface area contributed by atoms with Gasteiger partial charge in [0, 0.05) is 21.8 Å². The van der Waals surface area contributed by atoms with Gasteiger partial charge in [0.25, 0.3) is 11.8 Å². The minimum absolute atomic E-state index is 0.220. The van der Waals surface area contributed by atoms with Gasteiger partial charge in [0.1, 0.15) is 5.75 Å². The van der Waals surface area contributed by atoms with Crippen LogP contribution in [0.2, 0.25) is 5.02 Å². The van der Waals surface area contributed by atoms with Gasteiger partial charge in [-0.1, -0.05) is 17.7 Å². The van der Waals surface area contributed by atoms with Crippen molar-refractivity contribution in [1.29, 1.82) is 0 Å². The molecule has 0 spiro atoms. The third-order valence-electron chi connectivity index (χ3n) is 5.58. The average molecular weight is 558 g/mol. The third kappa shape index (κ3) is 7.24. The Morgan fingerprint density at radius 2 is 1.48 bits per heavy atom. The van der Waals surface area contributed by atoms with E-state index in [4.69, 9.17) is 25.8 Å². The lowest BCUT2D eigenvalue weighted by Crippen LogP contribution is -2.18. The van der Waals surface area contributed by atoms with Crippen LogP contribution in [-0.2, 0) is 0 Å². The Balaban J connectivity index is 1.36. The van der Waals surface area contributed by atoms with E-state index in [-0.39, 0.29) is 11.7 Å². The van der Waals surface area contributed by atoms with Gasteiger partial charge in [0.05, 0.1) is 26.0 Å². The smallest absolute Gasteiger partial charge is 0.343 e. The van der Waals surface area contributed by atoms with E-state index in [2.05, 4.69) is 15.8 Å². The highest BCUT2D eigenvalue weighted by molar-refractivity contribution is 6.30. The first-order valence-corrected chi connectivity index (χ1v) is 12.3.